The topological polar surface area (TPSA) is 115 Å². The number of nitrogens with two attached hydrogens (primary N) is 1. The number of nitro benzene ring substituents is 1. The van der Waals surface area contributed by atoms with Crippen molar-refractivity contribution < 1.29 is 13.3 Å². The van der Waals surface area contributed by atoms with E-state index >= 15 is 0 Å². The number of hydrogen-bond donors (Lipinski definition) is 2. The van der Waals surface area contributed by atoms with Crippen LogP contribution >= 0.6 is 11.8 Å². The van der Waals surface area contributed by atoms with Crippen LogP contribution in [0.4, 0.5) is 11.4 Å². The van der Waals surface area contributed by atoms with Gasteiger partial charge < -0.3 is 5.32 Å². The Hall–Kier alpha value is -2.10. The molecule has 3 N–H and O–H groups in total. The van der Waals surface area contributed by atoms with E-state index in [9.17, 15) is 18.5 Å². The molecule has 0 saturated heterocycles. The smallest absolute Gasteiger partial charge is 0.272 e. The molecule has 0 spiro atoms. The van der Waals surface area contributed by atoms with Crippen molar-refractivity contribution in [1.82, 2.24) is 0 Å². The van der Waals surface area contributed by atoms with Gasteiger partial charge in [-0.3, -0.25) is 10.1 Å². The van der Waals surface area contributed by atoms with E-state index in [0.29, 0.717) is 12.2 Å². The maximum Gasteiger partial charge on any atom is 0.272 e. The van der Waals surface area contributed by atoms with Gasteiger partial charge in [-0.05, 0) is 31.0 Å². The fourth-order valence-electron chi connectivity index (χ4n) is 2.41. The molecule has 2 aromatic carbocycles. The van der Waals surface area contributed by atoms with Crippen molar-refractivity contribution in [2.45, 2.75) is 27.4 Å². The third kappa shape index (κ3) is 4.50. The summed E-state index contributed by atoms with van der Waals surface area (Å²) in [5.41, 5.74) is 0.0627. The zero-order valence-electron chi connectivity index (χ0n) is 13.2. The summed E-state index contributed by atoms with van der Waals surface area (Å²) >= 11 is 1.76. The van der Waals surface area contributed by atoms with Crippen LogP contribution in [0, 0.1) is 10.1 Å². The van der Waals surface area contributed by atoms with E-state index in [1.165, 1.54) is 12.1 Å². The highest BCUT2D eigenvalue weighted by Gasteiger charge is 2.43. The largest absolute Gasteiger partial charge is 0.383 e. The lowest BCUT2D eigenvalue weighted by atomic mass is 10.2. The lowest BCUT2D eigenvalue weighted by molar-refractivity contribution is -0.385. The number of sulfonamides is 1. The molecular weight excluding hydrogens is 362 g/mol. The first kappa shape index (κ1) is 17.7. The molecule has 0 aliphatic heterocycles. The molecule has 0 heterocycles. The van der Waals surface area contributed by atoms with Crippen LogP contribution in [-0.4, -0.2) is 24.6 Å². The summed E-state index contributed by atoms with van der Waals surface area (Å²) in [5.74, 6) is 0. The van der Waals surface area contributed by atoms with Crippen molar-refractivity contribution in [3.8, 4) is 0 Å². The van der Waals surface area contributed by atoms with Gasteiger partial charge in [0.05, 0.1) is 9.82 Å². The Labute approximate surface area is 149 Å². The molecule has 0 bridgehead atoms. The zero-order valence-corrected chi connectivity index (χ0v) is 14.8. The van der Waals surface area contributed by atoms with Crippen LogP contribution < -0.4 is 10.5 Å². The van der Waals surface area contributed by atoms with Crippen LogP contribution in [0.3, 0.4) is 0 Å². The number of primary sulfonamides is 1. The third-order valence-corrected chi connectivity index (χ3v) is 6.32. The van der Waals surface area contributed by atoms with Crippen LogP contribution in [0.25, 0.3) is 0 Å². The molecular formula is C16H17N3O4S2. The summed E-state index contributed by atoms with van der Waals surface area (Å²) in [4.78, 5) is 11.3. The van der Waals surface area contributed by atoms with Crippen LogP contribution in [0.5, 0.6) is 0 Å². The van der Waals surface area contributed by atoms with Crippen LogP contribution in [0.15, 0.2) is 58.3 Å². The van der Waals surface area contributed by atoms with E-state index in [1.54, 1.807) is 11.8 Å². The first-order chi connectivity index (χ1) is 11.8. The number of non-ortho nitro benzene ring substituents is 1. The number of nitrogens with zero attached hydrogens (tertiary/aromatic N) is 1. The molecule has 2 aromatic rings. The molecule has 3 rings (SSSR count). The van der Waals surface area contributed by atoms with E-state index in [-0.39, 0.29) is 15.3 Å². The number of anilines is 1. The van der Waals surface area contributed by atoms with Crippen LogP contribution in [0.2, 0.25) is 0 Å². The summed E-state index contributed by atoms with van der Waals surface area (Å²) in [6.45, 7) is 0.581. The first-order valence-electron chi connectivity index (χ1n) is 7.58. The maximum absolute atomic E-state index is 11.5. The molecule has 0 aromatic heterocycles. The quantitative estimate of drug-likeness (QED) is 0.564. The van der Waals surface area contributed by atoms with Gasteiger partial charge in [-0.25, -0.2) is 13.6 Å². The van der Waals surface area contributed by atoms with Gasteiger partial charge in [-0.1, -0.05) is 18.2 Å². The molecule has 0 amide bonds. The number of rotatable bonds is 7. The fourth-order valence-corrected chi connectivity index (χ4v) is 4.23. The number of hydrogen-bond acceptors (Lipinski definition) is 6. The molecule has 0 atom stereocenters. The minimum absolute atomic E-state index is 0.0216. The molecule has 25 heavy (non-hydrogen) atoms. The molecule has 1 aliphatic rings. The van der Waals surface area contributed by atoms with Gasteiger partial charge in [-0.15, -0.1) is 11.8 Å². The Balaban J connectivity index is 1.77. The lowest BCUT2D eigenvalue weighted by Crippen LogP contribution is -2.18. The van der Waals surface area contributed by atoms with Gasteiger partial charge in [0.2, 0.25) is 10.0 Å². The van der Waals surface area contributed by atoms with E-state index in [2.05, 4.69) is 5.32 Å². The van der Waals surface area contributed by atoms with Gasteiger partial charge in [0, 0.05) is 34.0 Å². The number of thioether (sulfide) groups is 1. The van der Waals surface area contributed by atoms with Crippen molar-refractivity contribution in [3.05, 3.63) is 58.6 Å². The Bertz CT molecular complexity index is 897. The average Bonchev–Trinajstić information content (AvgIpc) is 3.33. The summed E-state index contributed by atoms with van der Waals surface area (Å²) in [6.07, 6.45) is 2.05. The van der Waals surface area contributed by atoms with Gasteiger partial charge in [0.15, 0.2) is 0 Å². The van der Waals surface area contributed by atoms with Crippen molar-refractivity contribution in [3.63, 3.8) is 0 Å². The van der Waals surface area contributed by atoms with Crippen molar-refractivity contribution in [2.24, 2.45) is 5.14 Å². The summed E-state index contributed by atoms with van der Waals surface area (Å²) < 4.78 is 23.1. The van der Waals surface area contributed by atoms with Crippen molar-refractivity contribution in [1.29, 1.82) is 0 Å². The van der Waals surface area contributed by atoms with Crippen LogP contribution in [-0.2, 0) is 10.0 Å². The number of benzene rings is 2. The van der Waals surface area contributed by atoms with Gasteiger partial charge in [0.1, 0.15) is 0 Å². The normalized spacial score (nSPS) is 15.6. The molecule has 1 fully saturated rings. The monoisotopic (exact) mass is 379 g/mol. The predicted molar refractivity (Wildman–Crippen MR) is 97.2 cm³/mol. The third-order valence-electron chi connectivity index (χ3n) is 3.93. The maximum atomic E-state index is 11.5. The Kier molecular flexibility index (Phi) is 4.72. The molecule has 0 radical (unpaired) electrons. The van der Waals surface area contributed by atoms with Crippen LogP contribution in [0.1, 0.15) is 12.8 Å². The Morgan fingerprint density at radius 1 is 1.20 bits per heavy atom. The Morgan fingerprint density at radius 3 is 2.44 bits per heavy atom. The summed E-state index contributed by atoms with van der Waals surface area (Å²) in [6, 6.07) is 13.6. The average molecular weight is 379 g/mol. The molecule has 1 saturated carbocycles. The zero-order chi connectivity index (χ0) is 18.1. The lowest BCUT2D eigenvalue weighted by Gasteiger charge is -2.17. The van der Waals surface area contributed by atoms with Gasteiger partial charge >= 0.3 is 0 Å². The minimum atomic E-state index is -4.02. The standard InChI is InChI=1S/C16H17N3O4S2/c17-25(22,23)15-9-12(8-13(10-15)19(20)21)18-11-16(6-7-16)24-14-4-2-1-3-5-14/h1-5,8-10,18H,6-7,11H2,(H2,17,22,23). The molecule has 132 valence electrons. The number of nitrogens with one attached hydrogen (secondary N) is 1. The Morgan fingerprint density at radius 2 is 1.88 bits per heavy atom. The fraction of sp³-hybridized carbons (Fsp3) is 0.250. The van der Waals surface area contributed by atoms with E-state index < -0.39 is 14.9 Å². The van der Waals surface area contributed by atoms with Crippen molar-refractivity contribution >= 4 is 33.2 Å². The molecule has 0 unspecified atom stereocenters. The minimum Gasteiger partial charge on any atom is -0.383 e. The predicted octanol–water partition coefficient (Wildman–Crippen LogP) is 2.98. The van der Waals surface area contributed by atoms with Gasteiger partial charge in [0.25, 0.3) is 5.69 Å². The second-order valence-corrected chi connectivity index (χ2v) is 9.07. The van der Waals surface area contributed by atoms with E-state index in [0.717, 1.165) is 23.8 Å². The molecule has 9 heteroatoms. The highest BCUT2D eigenvalue weighted by atomic mass is 32.2. The molecule has 7 nitrogen and oxygen atoms in total. The highest BCUT2D eigenvalue weighted by Crippen LogP contribution is 2.51. The summed E-state index contributed by atoms with van der Waals surface area (Å²) in [7, 11) is -4.02. The first-order valence-corrected chi connectivity index (χ1v) is 9.94. The second-order valence-electron chi connectivity index (χ2n) is 5.97. The SMILES string of the molecule is NS(=O)(=O)c1cc(NCC2(Sc3ccccc3)CC2)cc([N+](=O)[O-])c1. The van der Waals surface area contributed by atoms with E-state index in [1.807, 2.05) is 30.3 Å². The van der Waals surface area contributed by atoms with Crippen molar-refractivity contribution in [2.75, 3.05) is 11.9 Å². The number of nitro groups is 1. The highest BCUT2D eigenvalue weighted by molar-refractivity contribution is 8.01. The van der Waals surface area contributed by atoms with E-state index in [4.69, 9.17) is 5.14 Å². The molecule has 1 aliphatic carbocycles. The van der Waals surface area contributed by atoms with Gasteiger partial charge in [-0.2, -0.15) is 0 Å². The second kappa shape index (κ2) is 6.66. The summed E-state index contributed by atoms with van der Waals surface area (Å²) in [5, 5.41) is 19.3.